The molecule has 0 spiro atoms. The number of hydrogen-bond acceptors (Lipinski definition) is 3. The van der Waals surface area contributed by atoms with E-state index in [0.29, 0.717) is 6.54 Å². The molecule has 0 saturated carbocycles. The fourth-order valence-corrected chi connectivity index (χ4v) is 2.19. The Morgan fingerprint density at radius 3 is 2.68 bits per heavy atom. The average molecular weight is 288 g/mol. The Labute approximate surface area is 118 Å². The zero-order valence-electron chi connectivity index (χ0n) is 11.7. The lowest BCUT2D eigenvalue weighted by atomic mass is 10.2. The van der Waals surface area contributed by atoms with Gasteiger partial charge in [0.15, 0.2) is 0 Å². The molecule has 4 nitrogen and oxygen atoms in total. The van der Waals surface area contributed by atoms with E-state index in [-0.39, 0.29) is 22.7 Å². The molecule has 1 heterocycles. The molecule has 6 heteroatoms. The maximum atomic E-state index is 13.2. The minimum Gasteiger partial charge on any atom is -0.335 e. The highest BCUT2D eigenvalue weighted by Gasteiger charge is 2.23. The van der Waals surface area contributed by atoms with Gasteiger partial charge in [0.2, 0.25) is 0 Å². The molecule has 0 aliphatic heterocycles. The Hall–Kier alpha value is -1.20. The third-order valence-electron chi connectivity index (χ3n) is 2.80. The van der Waals surface area contributed by atoms with Gasteiger partial charge in [0, 0.05) is 19.1 Å². The summed E-state index contributed by atoms with van der Waals surface area (Å²) in [6, 6.07) is 1.13. The molecule has 0 aliphatic carbocycles. The molecule has 0 aliphatic rings. The molecule has 1 aromatic heterocycles. The van der Waals surface area contributed by atoms with Crippen LogP contribution in [-0.2, 0) is 0 Å². The summed E-state index contributed by atoms with van der Waals surface area (Å²) in [5.74, 6) is -0.863. The van der Waals surface area contributed by atoms with E-state index >= 15 is 0 Å². The SMILES string of the molecule is CCN(C(=O)c1cc(F)cnc1Cl)C(C)CN(C)C. The summed E-state index contributed by atoms with van der Waals surface area (Å²) >= 11 is 5.87. The maximum Gasteiger partial charge on any atom is 0.257 e. The number of likely N-dealkylation sites (N-methyl/N-ethyl adjacent to an activating group) is 2. The van der Waals surface area contributed by atoms with Gasteiger partial charge in [-0.25, -0.2) is 9.37 Å². The molecule has 106 valence electrons. The van der Waals surface area contributed by atoms with Crippen molar-refractivity contribution in [3.8, 4) is 0 Å². The zero-order valence-corrected chi connectivity index (χ0v) is 12.4. The summed E-state index contributed by atoms with van der Waals surface area (Å²) in [6.45, 7) is 5.08. The lowest BCUT2D eigenvalue weighted by Crippen LogP contribution is -2.43. The lowest BCUT2D eigenvalue weighted by molar-refractivity contribution is 0.0678. The van der Waals surface area contributed by atoms with Gasteiger partial charge in [-0.15, -0.1) is 0 Å². The highest BCUT2D eigenvalue weighted by atomic mass is 35.5. The largest absolute Gasteiger partial charge is 0.335 e. The van der Waals surface area contributed by atoms with E-state index in [1.807, 2.05) is 32.8 Å². The number of halogens is 2. The van der Waals surface area contributed by atoms with Crippen molar-refractivity contribution in [2.24, 2.45) is 0 Å². The van der Waals surface area contributed by atoms with E-state index in [9.17, 15) is 9.18 Å². The standard InChI is InChI=1S/C13H19ClFN3O/c1-5-18(9(2)8-17(3)4)13(19)11-6-10(15)7-16-12(11)14/h6-7,9H,5,8H2,1-4H3. The van der Waals surface area contributed by atoms with Crippen molar-refractivity contribution in [1.29, 1.82) is 0 Å². The van der Waals surface area contributed by atoms with Crippen molar-refractivity contribution in [3.05, 3.63) is 28.8 Å². The van der Waals surface area contributed by atoms with Crippen molar-refractivity contribution in [3.63, 3.8) is 0 Å². The van der Waals surface area contributed by atoms with Crippen LogP contribution in [0.25, 0.3) is 0 Å². The zero-order chi connectivity index (χ0) is 14.6. The molecule has 0 saturated heterocycles. The van der Waals surface area contributed by atoms with Crippen LogP contribution >= 0.6 is 11.6 Å². The normalized spacial score (nSPS) is 12.6. The van der Waals surface area contributed by atoms with Gasteiger partial charge in [-0.3, -0.25) is 4.79 Å². The van der Waals surface area contributed by atoms with Crippen molar-refractivity contribution in [1.82, 2.24) is 14.8 Å². The molecular weight excluding hydrogens is 269 g/mol. The first-order valence-electron chi connectivity index (χ1n) is 6.13. The van der Waals surface area contributed by atoms with Crippen LogP contribution in [0.1, 0.15) is 24.2 Å². The van der Waals surface area contributed by atoms with E-state index in [1.54, 1.807) is 4.90 Å². The maximum absolute atomic E-state index is 13.2. The number of rotatable bonds is 5. The molecule has 0 fully saturated rings. The fourth-order valence-electron chi connectivity index (χ4n) is 2.01. The summed E-state index contributed by atoms with van der Waals surface area (Å²) < 4.78 is 13.2. The molecule has 1 aromatic rings. The Kier molecular flexibility index (Phi) is 5.69. The molecule has 0 N–H and O–H groups in total. The number of pyridine rings is 1. The van der Waals surface area contributed by atoms with Crippen molar-refractivity contribution >= 4 is 17.5 Å². The van der Waals surface area contributed by atoms with E-state index in [2.05, 4.69) is 4.98 Å². The highest BCUT2D eigenvalue weighted by molar-refractivity contribution is 6.32. The molecule has 0 aromatic carbocycles. The minimum atomic E-state index is -0.566. The molecule has 1 atom stereocenters. The summed E-state index contributed by atoms with van der Waals surface area (Å²) in [5, 5.41) is 0.0295. The highest BCUT2D eigenvalue weighted by Crippen LogP contribution is 2.17. The minimum absolute atomic E-state index is 0.00633. The second-order valence-corrected chi connectivity index (χ2v) is 5.05. The van der Waals surface area contributed by atoms with Crippen LogP contribution in [0.15, 0.2) is 12.3 Å². The summed E-state index contributed by atoms with van der Waals surface area (Å²) in [7, 11) is 3.87. The number of amides is 1. The molecule has 0 bridgehead atoms. The predicted molar refractivity (Wildman–Crippen MR) is 73.9 cm³/mol. The first-order valence-corrected chi connectivity index (χ1v) is 6.51. The third-order valence-corrected chi connectivity index (χ3v) is 3.10. The Morgan fingerprint density at radius 1 is 1.53 bits per heavy atom. The van der Waals surface area contributed by atoms with Gasteiger partial charge in [-0.05, 0) is 34.0 Å². The van der Waals surface area contributed by atoms with Gasteiger partial charge in [-0.1, -0.05) is 11.6 Å². The monoisotopic (exact) mass is 287 g/mol. The molecule has 1 rings (SSSR count). The smallest absolute Gasteiger partial charge is 0.257 e. The van der Waals surface area contributed by atoms with Crippen molar-refractivity contribution < 1.29 is 9.18 Å². The first-order chi connectivity index (χ1) is 8.86. The van der Waals surface area contributed by atoms with Crippen LogP contribution in [0.2, 0.25) is 5.15 Å². The summed E-state index contributed by atoms with van der Waals surface area (Å²) in [4.78, 5) is 19.7. The number of carbonyl (C=O) groups is 1. The number of nitrogens with zero attached hydrogens (tertiary/aromatic N) is 3. The number of aromatic nitrogens is 1. The van der Waals surface area contributed by atoms with Crippen LogP contribution < -0.4 is 0 Å². The predicted octanol–water partition coefficient (Wildman–Crippen LogP) is 2.29. The number of carbonyl (C=O) groups excluding carboxylic acids is 1. The third kappa shape index (κ3) is 4.14. The molecule has 1 unspecified atom stereocenters. The van der Waals surface area contributed by atoms with Crippen LogP contribution in [0.3, 0.4) is 0 Å². The lowest BCUT2D eigenvalue weighted by Gasteiger charge is -2.30. The summed E-state index contributed by atoms with van der Waals surface area (Å²) in [5.41, 5.74) is 0.106. The van der Waals surface area contributed by atoms with Crippen LogP contribution in [0.4, 0.5) is 4.39 Å². The quantitative estimate of drug-likeness (QED) is 0.780. The molecular formula is C13H19ClFN3O. The second kappa shape index (κ2) is 6.82. The number of hydrogen-bond donors (Lipinski definition) is 0. The van der Waals surface area contributed by atoms with E-state index in [1.165, 1.54) is 0 Å². The van der Waals surface area contributed by atoms with Crippen molar-refractivity contribution in [2.45, 2.75) is 19.9 Å². The Balaban J connectivity index is 2.98. The Morgan fingerprint density at radius 2 is 2.16 bits per heavy atom. The van der Waals surface area contributed by atoms with Crippen LogP contribution in [0, 0.1) is 5.82 Å². The van der Waals surface area contributed by atoms with E-state index in [4.69, 9.17) is 11.6 Å². The fraction of sp³-hybridized carbons (Fsp3) is 0.538. The van der Waals surface area contributed by atoms with Gasteiger partial charge >= 0.3 is 0 Å². The van der Waals surface area contributed by atoms with Crippen molar-refractivity contribution in [2.75, 3.05) is 27.2 Å². The van der Waals surface area contributed by atoms with Gasteiger partial charge in [0.05, 0.1) is 11.8 Å². The van der Waals surface area contributed by atoms with Gasteiger partial charge in [-0.2, -0.15) is 0 Å². The van der Waals surface area contributed by atoms with Gasteiger partial charge in [0.25, 0.3) is 5.91 Å². The first kappa shape index (κ1) is 15.9. The topological polar surface area (TPSA) is 36.4 Å². The molecule has 19 heavy (non-hydrogen) atoms. The second-order valence-electron chi connectivity index (χ2n) is 4.69. The molecule has 1 amide bonds. The Bertz CT molecular complexity index is 454. The van der Waals surface area contributed by atoms with Crippen LogP contribution in [-0.4, -0.2) is 53.9 Å². The average Bonchev–Trinajstić information content (AvgIpc) is 2.32. The molecule has 0 radical (unpaired) electrons. The van der Waals surface area contributed by atoms with Crippen LogP contribution in [0.5, 0.6) is 0 Å². The van der Waals surface area contributed by atoms with Gasteiger partial charge in [0.1, 0.15) is 11.0 Å². The van der Waals surface area contributed by atoms with E-state index in [0.717, 1.165) is 18.8 Å². The van der Waals surface area contributed by atoms with Gasteiger partial charge < -0.3 is 9.80 Å². The summed E-state index contributed by atoms with van der Waals surface area (Å²) in [6.07, 6.45) is 0.999. The van der Waals surface area contributed by atoms with E-state index < -0.39 is 5.82 Å².